The van der Waals surface area contributed by atoms with Gasteiger partial charge in [0.15, 0.2) is 5.96 Å². The standard InChI is InChI=1S/C18H27ClN4O2.HI/c1-3-25-16-10-15(19)7-6-14(16)11-22-18(21-2)23-8-4-5-13(12-23)9-17(20)24;/h6-7,10,13H,3-5,8-9,11-12H2,1-2H3,(H2,20,24)(H,21,22);1H. The van der Waals surface area contributed by atoms with Gasteiger partial charge in [-0.15, -0.1) is 24.0 Å². The number of ether oxygens (including phenoxy) is 1. The number of carbonyl (C=O) groups excluding carboxylic acids is 1. The molecule has 1 heterocycles. The second-order valence-electron chi connectivity index (χ2n) is 6.21. The van der Waals surface area contributed by atoms with Crippen LogP contribution < -0.4 is 15.8 Å². The van der Waals surface area contributed by atoms with Crippen molar-refractivity contribution in [1.82, 2.24) is 10.2 Å². The summed E-state index contributed by atoms with van der Waals surface area (Å²) in [7, 11) is 1.77. The third-order valence-corrected chi connectivity index (χ3v) is 4.52. The average molecular weight is 495 g/mol. The highest BCUT2D eigenvalue weighted by molar-refractivity contribution is 14.0. The number of hydrogen-bond acceptors (Lipinski definition) is 3. The molecule has 1 atom stereocenters. The molecule has 1 fully saturated rings. The van der Waals surface area contributed by atoms with Crippen molar-refractivity contribution in [3.05, 3.63) is 28.8 Å². The highest BCUT2D eigenvalue weighted by atomic mass is 127. The fourth-order valence-electron chi connectivity index (χ4n) is 3.18. The van der Waals surface area contributed by atoms with Crippen LogP contribution in [0.4, 0.5) is 0 Å². The van der Waals surface area contributed by atoms with Gasteiger partial charge in [0.05, 0.1) is 6.61 Å². The summed E-state index contributed by atoms with van der Waals surface area (Å²) in [6.07, 6.45) is 2.49. The van der Waals surface area contributed by atoms with E-state index in [-0.39, 0.29) is 29.9 Å². The fraction of sp³-hybridized carbons (Fsp3) is 0.556. The first-order valence-electron chi connectivity index (χ1n) is 8.68. The first-order valence-corrected chi connectivity index (χ1v) is 9.06. The average Bonchev–Trinajstić information content (AvgIpc) is 2.57. The van der Waals surface area contributed by atoms with E-state index in [1.807, 2.05) is 25.1 Å². The number of piperidine rings is 1. The molecule has 2 rings (SSSR count). The molecule has 0 aromatic heterocycles. The van der Waals surface area contributed by atoms with Gasteiger partial charge in [-0.3, -0.25) is 9.79 Å². The molecule has 0 radical (unpaired) electrons. The molecule has 146 valence electrons. The second-order valence-corrected chi connectivity index (χ2v) is 6.65. The predicted molar refractivity (Wildman–Crippen MR) is 116 cm³/mol. The van der Waals surface area contributed by atoms with E-state index in [4.69, 9.17) is 22.1 Å². The molecule has 6 nitrogen and oxygen atoms in total. The van der Waals surface area contributed by atoms with Gasteiger partial charge in [0.25, 0.3) is 0 Å². The molecule has 1 aromatic rings. The van der Waals surface area contributed by atoms with E-state index in [0.717, 1.165) is 43.2 Å². The Morgan fingerprint density at radius 1 is 1.50 bits per heavy atom. The third-order valence-electron chi connectivity index (χ3n) is 4.29. The van der Waals surface area contributed by atoms with Crippen molar-refractivity contribution in [3.63, 3.8) is 0 Å². The maximum atomic E-state index is 11.2. The van der Waals surface area contributed by atoms with Crippen LogP contribution >= 0.6 is 35.6 Å². The van der Waals surface area contributed by atoms with Gasteiger partial charge in [-0.25, -0.2) is 0 Å². The number of carbonyl (C=O) groups is 1. The Kier molecular flexibility index (Phi) is 10.1. The second kappa shape index (κ2) is 11.5. The zero-order valence-electron chi connectivity index (χ0n) is 15.3. The van der Waals surface area contributed by atoms with Gasteiger partial charge in [-0.05, 0) is 37.8 Å². The van der Waals surface area contributed by atoms with Gasteiger partial charge in [0.1, 0.15) is 5.75 Å². The lowest BCUT2D eigenvalue weighted by Crippen LogP contribution is -2.46. The number of aliphatic imine (C=N–C) groups is 1. The van der Waals surface area contributed by atoms with Crippen LogP contribution in [0.15, 0.2) is 23.2 Å². The summed E-state index contributed by atoms with van der Waals surface area (Å²) in [6.45, 7) is 4.85. The number of likely N-dealkylation sites (tertiary alicyclic amines) is 1. The van der Waals surface area contributed by atoms with Gasteiger partial charge in [-0.1, -0.05) is 17.7 Å². The molecular weight excluding hydrogens is 467 g/mol. The van der Waals surface area contributed by atoms with Crippen LogP contribution in [0.1, 0.15) is 31.7 Å². The number of halogens is 2. The molecule has 0 spiro atoms. The molecule has 1 aliphatic heterocycles. The first-order chi connectivity index (χ1) is 12.0. The molecule has 8 heteroatoms. The summed E-state index contributed by atoms with van der Waals surface area (Å²) in [6, 6.07) is 5.64. The summed E-state index contributed by atoms with van der Waals surface area (Å²) in [4.78, 5) is 17.8. The number of nitrogens with two attached hydrogens (primary N) is 1. The molecule has 3 N–H and O–H groups in total. The Bertz CT molecular complexity index is 627. The summed E-state index contributed by atoms with van der Waals surface area (Å²) in [5, 5.41) is 4.04. The van der Waals surface area contributed by atoms with Gasteiger partial charge >= 0.3 is 0 Å². The highest BCUT2D eigenvalue weighted by Gasteiger charge is 2.23. The number of hydrogen-bond donors (Lipinski definition) is 2. The Balaban J connectivity index is 0.00000338. The van der Waals surface area contributed by atoms with Crippen LogP contribution in [0, 0.1) is 5.92 Å². The number of nitrogens with zero attached hydrogens (tertiary/aromatic N) is 2. The van der Waals surface area contributed by atoms with Crippen LogP contribution in [0.5, 0.6) is 5.75 Å². The van der Waals surface area contributed by atoms with Gasteiger partial charge < -0.3 is 20.7 Å². The lowest BCUT2D eigenvalue weighted by atomic mass is 9.95. The molecule has 0 aliphatic carbocycles. The number of nitrogens with one attached hydrogen (secondary N) is 1. The Morgan fingerprint density at radius 3 is 2.92 bits per heavy atom. The quantitative estimate of drug-likeness (QED) is 0.362. The van der Waals surface area contributed by atoms with Gasteiger partial charge in [-0.2, -0.15) is 0 Å². The summed E-state index contributed by atoms with van der Waals surface area (Å²) >= 11 is 6.05. The minimum atomic E-state index is -0.239. The SMILES string of the molecule is CCOc1cc(Cl)ccc1CNC(=NC)N1CCCC(CC(N)=O)C1.I. The highest BCUT2D eigenvalue weighted by Crippen LogP contribution is 2.24. The van der Waals surface area contributed by atoms with E-state index in [0.29, 0.717) is 30.5 Å². The number of rotatable bonds is 6. The molecular formula is C18H28ClIN4O2. The van der Waals surface area contributed by atoms with E-state index >= 15 is 0 Å². The van der Waals surface area contributed by atoms with E-state index in [1.54, 1.807) is 7.05 Å². The van der Waals surface area contributed by atoms with Crippen LogP contribution in [0.25, 0.3) is 0 Å². The Labute approximate surface area is 177 Å². The van der Waals surface area contributed by atoms with Crippen LogP contribution in [-0.2, 0) is 11.3 Å². The van der Waals surface area contributed by atoms with Crippen molar-refractivity contribution < 1.29 is 9.53 Å². The summed E-state index contributed by atoms with van der Waals surface area (Å²) < 4.78 is 5.66. The minimum absolute atomic E-state index is 0. The molecule has 1 saturated heterocycles. The monoisotopic (exact) mass is 494 g/mol. The smallest absolute Gasteiger partial charge is 0.217 e. The van der Waals surface area contributed by atoms with E-state index in [2.05, 4.69) is 15.2 Å². The Morgan fingerprint density at radius 2 is 2.27 bits per heavy atom. The first kappa shape index (κ1) is 22.8. The third kappa shape index (κ3) is 6.83. The van der Waals surface area contributed by atoms with Gasteiger partial charge in [0, 0.05) is 43.7 Å². The molecule has 1 aromatic carbocycles. The Hall–Kier alpha value is -1.22. The lowest BCUT2D eigenvalue weighted by molar-refractivity contribution is -0.119. The molecule has 0 saturated carbocycles. The van der Waals surface area contributed by atoms with Crippen molar-refractivity contribution in [2.75, 3.05) is 26.7 Å². The number of amides is 1. The fourth-order valence-corrected chi connectivity index (χ4v) is 3.34. The minimum Gasteiger partial charge on any atom is -0.493 e. The zero-order valence-corrected chi connectivity index (χ0v) is 18.4. The van der Waals surface area contributed by atoms with E-state index < -0.39 is 0 Å². The molecule has 1 amide bonds. The van der Waals surface area contributed by atoms with Crippen LogP contribution in [0.2, 0.25) is 5.02 Å². The predicted octanol–water partition coefficient (Wildman–Crippen LogP) is 3.02. The molecule has 0 bridgehead atoms. The molecule has 26 heavy (non-hydrogen) atoms. The maximum absolute atomic E-state index is 11.2. The van der Waals surface area contributed by atoms with E-state index in [9.17, 15) is 4.79 Å². The van der Waals surface area contributed by atoms with Crippen molar-refractivity contribution in [1.29, 1.82) is 0 Å². The normalized spacial score (nSPS) is 17.4. The van der Waals surface area contributed by atoms with Crippen molar-refractivity contribution in [3.8, 4) is 5.75 Å². The summed E-state index contributed by atoms with van der Waals surface area (Å²) in [5.41, 5.74) is 6.37. The number of benzene rings is 1. The largest absolute Gasteiger partial charge is 0.493 e. The van der Waals surface area contributed by atoms with Crippen molar-refractivity contribution >= 4 is 47.4 Å². The lowest BCUT2D eigenvalue weighted by Gasteiger charge is -2.34. The van der Waals surface area contributed by atoms with Crippen molar-refractivity contribution in [2.24, 2.45) is 16.6 Å². The van der Waals surface area contributed by atoms with Crippen LogP contribution in [-0.4, -0.2) is 43.5 Å². The van der Waals surface area contributed by atoms with Crippen LogP contribution in [0.3, 0.4) is 0 Å². The zero-order chi connectivity index (χ0) is 18.2. The van der Waals surface area contributed by atoms with Crippen molar-refractivity contribution in [2.45, 2.75) is 32.7 Å². The molecule has 1 aliphatic rings. The van der Waals surface area contributed by atoms with Gasteiger partial charge in [0.2, 0.25) is 5.91 Å². The summed E-state index contributed by atoms with van der Waals surface area (Å²) in [5.74, 6) is 1.66. The van der Waals surface area contributed by atoms with E-state index in [1.165, 1.54) is 0 Å². The topological polar surface area (TPSA) is 79.9 Å². The number of primary amides is 1. The number of guanidine groups is 1. The molecule has 1 unspecified atom stereocenters. The maximum Gasteiger partial charge on any atom is 0.217 e.